The number of anilines is 2. The molecule has 12 heteroatoms. The van der Waals surface area contributed by atoms with Crippen molar-refractivity contribution < 1.29 is 32.5 Å². The first-order valence-corrected chi connectivity index (χ1v) is 11.2. The molecule has 0 fully saturated rings. The standard InChI is InChI=1S/C24H22ClF3N4O4/c1-15-11-20-22(32(15)7-9-34-10-8-33)23(30-14-29-20)31-16-5-6-21(19(25)12-16)35-17-3-2-4-18(13-17)36-24(26,27)28/h2-6,11-14,33H,7-10H2,1H3,(H,29,30,31). The van der Waals surface area contributed by atoms with Crippen LogP contribution in [0, 0.1) is 6.92 Å². The van der Waals surface area contributed by atoms with Gasteiger partial charge in [0, 0.05) is 24.0 Å². The Morgan fingerprint density at radius 2 is 1.86 bits per heavy atom. The summed E-state index contributed by atoms with van der Waals surface area (Å²) in [7, 11) is 0. The molecule has 4 rings (SSSR count). The van der Waals surface area contributed by atoms with Gasteiger partial charge in [-0.15, -0.1) is 13.2 Å². The van der Waals surface area contributed by atoms with Crippen LogP contribution < -0.4 is 14.8 Å². The number of nitrogens with zero attached hydrogens (tertiary/aromatic N) is 3. The van der Waals surface area contributed by atoms with Crippen LogP contribution in [-0.4, -0.2) is 45.8 Å². The number of fused-ring (bicyclic) bond motifs is 1. The Bertz CT molecular complexity index is 1350. The van der Waals surface area contributed by atoms with E-state index in [0.717, 1.165) is 22.8 Å². The molecule has 2 N–H and O–H groups in total. The van der Waals surface area contributed by atoms with Crippen molar-refractivity contribution in [3.8, 4) is 17.2 Å². The number of aliphatic hydroxyl groups excluding tert-OH is 1. The summed E-state index contributed by atoms with van der Waals surface area (Å²) in [6, 6.07) is 12.0. The van der Waals surface area contributed by atoms with Gasteiger partial charge in [0.1, 0.15) is 29.1 Å². The van der Waals surface area contributed by atoms with Crippen LogP contribution in [0.25, 0.3) is 11.0 Å². The van der Waals surface area contributed by atoms with E-state index < -0.39 is 12.1 Å². The molecule has 4 aromatic rings. The van der Waals surface area contributed by atoms with E-state index in [2.05, 4.69) is 20.0 Å². The summed E-state index contributed by atoms with van der Waals surface area (Å²) in [4.78, 5) is 8.71. The molecule has 2 heterocycles. The lowest BCUT2D eigenvalue weighted by Crippen LogP contribution is -2.17. The minimum Gasteiger partial charge on any atom is -0.456 e. The predicted molar refractivity (Wildman–Crippen MR) is 128 cm³/mol. The Morgan fingerprint density at radius 3 is 2.61 bits per heavy atom. The first-order chi connectivity index (χ1) is 17.2. The summed E-state index contributed by atoms with van der Waals surface area (Å²) in [5, 5.41) is 12.4. The van der Waals surface area contributed by atoms with Crippen molar-refractivity contribution in [2.45, 2.75) is 19.8 Å². The quantitative estimate of drug-likeness (QED) is 0.253. The minimum atomic E-state index is -4.80. The van der Waals surface area contributed by atoms with Gasteiger partial charge in [0.25, 0.3) is 0 Å². The Balaban J connectivity index is 1.53. The average Bonchev–Trinajstić information content (AvgIpc) is 3.13. The van der Waals surface area contributed by atoms with E-state index in [1.54, 1.807) is 18.2 Å². The zero-order valence-electron chi connectivity index (χ0n) is 19.1. The summed E-state index contributed by atoms with van der Waals surface area (Å²) < 4.78 is 54.5. The highest BCUT2D eigenvalue weighted by atomic mass is 35.5. The number of aromatic nitrogens is 3. The molecule has 0 atom stereocenters. The highest BCUT2D eigenvalue weighted by Crippen LogP contribution is 2.35. The van der Waals surface area contributed by atoms with Gasteiger partial charge < -0.3 is 29.2 Å². The Labute approximate surface area is 209 Å². The monoisotopic (exact) mass is 522 g/mol. The summed E-state index contributed by atoms with van der Waals surface area (Å²) in [6.07, 6.45) is -3.35. The first kappa shape index (κ1) is 25.5. The van der Waals surface area contributed by atoms with Crippen LogP contribution in [-0.2, 0) is 11.3 Å². The predicted octanol–water partition coefficient (Wildman–Crippen LogP) is 5.84. The molecule has 0 bridgehead atoms. The maximum atomic E-state index is 12.5. The Kier molecular flexibility index (Phi) is 7.82. The molecule has 190 valence electrons. The molecule has 0 radical (unpaired) electrons. The van der Waals surface area contributed by atoms with Crippen LogP contribution in [0.3, 0.4) is 0 Å². The molecule has 8 nitrogen and oxygen atoms in total. The van der Waals surface area contributed by atoms with Gasteiger partial charge in [0.15, 0.2) is 5.82 Å². The van der Waals surface area contributed by atoms with Crippen LogP contribution in [0.5, 0.6) is 17.2 Å². The maximum Gasteiger partial charge on any atom is 0.573 e. The van der Waals surface area contributed by atoms with Crippen molar-refractivity contribution in [2.75, 3.05) is 25.1 Å². The van der Waals surface area contributed by atoms with Crippen molar-refractivity contribution in [3.05, 3.63) is 65.6 Å². The van der Waals surface area contributed by atoms with E-state index in [-0.39, 0.29) is 29.7 Å². The smallest absolute Gasteiger partial charge is 0.456 e. The minimum absolute atomic E-state index is 0.0471. The number of nitrogens with one attached hydrogen (secondary N) is 1. The second-order valence-corrected chi connectivity index (χ2v) is 8.03. The summed E-state index contributed by atoms with van der Waals surface area (Å²) in [6.45, 7) is 3.12. The third kappa shape index (κ3) is 6.36. The third-order valence-corrected chi connectivity index (χ3v) is 5.34. The van der Waals surface area contributed by atoms with Crippen molar-refractivity contribution in [2.24, 2.45) is 0 Å². The fourth-order valence-electron chi connectivity index (χ4n) is 3.58. The van der Waals surface area contributed by atoms with Gasteiger partial charge in [-0.25, -0.2) is 9.97 Å². The topological polar surface area (TPSA) is 90.7 Å². The van der Waals surface area contributed by atoms with Crippen LogP contribution in [0.4, 0.5) is 24.7 Å². The van der Waals surface area contributed by atoms with Gasteiger partial charge in [-0.3, -0.25) is 0 Å². The van der Waals surface area contributed by atoms with Gasteiger partial charge in [-0.05, 0) is 43.3 Å². The SMILES string of the molecule is Cc1cc2ncnc(Nc3ccc(Oc4cccc(OC(F)(F)F)c4)c(Cl)c3)c2n1CCOCCO. The van der Waals surface area contributed by atoms with E-state index in [1.807, 2.05) is 17.6 Å². The van der Waals surface area contributed by atoms with Gasteiger partial charge >= 0.3 is 6.36 Å². The van der Waals surface area contributed by atoms with E-state index in [0.29, 0.717) is 24.7 Å². The molecule has 0 aliphatic rings. The number of alkyl halides is 3. The number of hydrogen-bond acceptors (Lipinski definition) is 7. The van der Waals surface area contributed by atoms with Crippen LogP contribution in [0.2, 0.25) is 5.02 Å². The number of aryl methyl sites for hydroxylation is 1. The average molecular weight is 523 g/mol. The van der Waals surface area contributed by atoms with E-state index >= 15 is 0 Å². The van der Waals surface area contributed by atoms with E-state index in [9.17, 15) is 13.2 Å². The lowest BCUT2D eigenvalue weighted by atomic mass is 10.2. The highest BCUT2D eigenvalue weighted by molar-refractivity contribution is 6.32. The zero-order valence-corrected chi connectivity index (χ0v) is 19.8. The van der Waals surface area contributed by atoms with Gasteiger partial charge in [0.2, 0.25) is 0 Å². The molecule has 2 aromatic heterocycles. The van der Waals surface area contributed by atoms with E-state index in [4.69, 9.17) is 26.2 Å². The zero-order chi connectivity index (χ0) is 25.7. The largest absolute Gasteiger partial charge is 0.573 e. The molecule has 0 amide bonds. The molecular weight excluding hydrogens is 501 g/mol. The van der Waals surface area contributed by atoms with Gasteiger partial charge in [0.05, 0.1) is 30.4 Å². The molecule has 0 aliphatic heterocycles. The van der Waals surface area contributed by atoms with Gasteiger partial charge in [-0.2, -0.15) is 0 Å². The van der Waals surface area contributed by atoms with Crippen LogP contribution in [0.15, 0.2) is 54.9 Å². The molecule has 0 aliphatic carbocycles. The molecule has 0 saturated carbocycles. The van der Waals surface area contributed by atoms with E-state index in [1.165, 1.54) is 24.5 Å². The summed E-state index contributed by atoms with van der Waals surface area (Å²) in [5.41, 5.74) is 3.11. The second kappa shape index (κ2) is 11.0. The number of rotatable bonds is 10. The number of benzene rings is 2. The van der Waals surface area contributed by atoms with Crippen molar-refractivity contribution in [1.82, 2.24) is 14.5 Å². The Morgan fingerprint density at radius 1 is 1.06 bits per heavy atom. The second-order valence-electron chi connectivity index (χ2n) is 7.62. The van der Waals surface area contributed by atoms with Crippen LogP contribution in [0.1, 0.15) is 5.69 Å². The number of halogens is 4. The number of ether oxygens (including phenoxy) is 3. The number of hydrogen-bond donors (Lipinski definition) is 2. The lowest BCUT2D eigenvalue weighted by Gasteiger charge is -2.14. The van der Waals surface area contributed by atoms with Crippen molar-refractivity contribution >= 4 is 34.1 Å². The van der Waals surface area contributed by atoms with Crippen molar-refractivity contribution in [3.63, 3.8) is 0 Å². The molecule has 2 aromatic carbocycles. The third-order valence-electron chi connectivity index (χ3n) is 5.05. The van der Waals surface area contributed by atoms with Crippen molar-refractivity contribution in [1.29, 1.82) is 0 Å². The molecule has 0 unspecified atom stereocenters. The molecule has 36 heavy (non-hydrogen) atoms. The van der Waals surface area contributed by atoms with Crippen LogP contribution >= 0.6 is 11.6 Å². The normalized spacial score (nSPS) is 11.6. The molecular formula is C24H22ClF3N4O4. The highest BCUT2D eigenvalue weighted by Gasteiger charge is 2.31. The first-order valence-electron chi connectivity index (χ1n) is 10.8. The fraction of sp³-hybridized carbons (Fsp3) is 0.250. The molecule has 0 spiro atoms. The summed E-state index contributed by atoms with van der Waals surface area (Å²) >= 11 is 6.39. The van der Waals surface area contributed by atoms with Gasteiger partial charge in [-0.1, -0.05) is 17.7 Å². The maximum absolute atomic E-state index is 12.5. The lowest BCUT2D eigenvalue weighted by molar-refractivity contribution is -0.274. The summed E-state index contributed by atoms with van der Waals surface area (Å²) in [5.74, 6) is 0.535. The Hall–Kier alpha value is -3.54. The fourth-order valence-corrected chi connectivity index (χ4v) is 3.80. The molecule has 0 saturated heterocycles. The number of aliphatic hydroxyl groups is 1.